The fourth-order valence-electron chi connectivity index (χ4n) is 1.78. The zero-order valence-corrected chi connectivity index (χ0v) is 11.0. The van der Waals surface area contributed by atoms with E-state index in [1.165, 1.54) is 12.1 Å². The second kappa shape index (κ2) is 7.40. The second-order valence-electron chi connectivity index (χ2n) is 4.43. The van der Waals surface area contributed by atoms with Gasteiger partial charge in [0.25, 0.3) is 0 Å². The van der Waals surface area contributed by atoms with Crippen molar-refractivity contribution in [3.63, 3.8) is 0 Å². The minimum absolute atomic E-state index is 0.217. The van der Waals surface area contributed by atoms with Crippen molar-refractivity contribution in [2.75, 3.05) is 0 Å². The number of aryl methyl sites for hydroxylation is 1. The van der Waals surface area contributed by atoms with Crippen LogP contribution in [-0.4, -0.2) is 5.91 Å². The summed E-state index contributed by atoms with van der Waals surface area (Å²) in [6.45, 7) is 0.326. The summed E-state index contributed by atoms with van der Waals surface area (Å²) in [6.07, 6.45) is 0.747. The van der Waals surface area contributed by atoms with Gasteiger partial charge in [-0.15, -0.1) is 0 Å². The van der Waals surface area contributed by atoms with E-state index in [9.17, 15) is 9.18 Å². The maximum Gasteiger partial charge on any atom is 0.243 e. The topological polar surface area (TPSA) is 38.3 Å². The number of amides is 1. The van der Waals surface area contributed by atoms with Crippen molar-refractivity contribution >= 4 is 5.91 Å². The fraction of sp³-hybridized carbons (Fsp3) is 0.188. The van der Waals surface area contributed by atoms with Crippen molar-refractivity contribution in [2.45, 2.75) is 19.4 Å². The SMILES string of the molecule is O=C(CCc1cccc(F)c1)NOCc1ccccc1. The first kappa shape index (κ1) is 14.2. The average Bonchev–Trinajstić information content (AvgIpc) is 2.46. The summed E-state index contributed by atoms with van der Waals surface area (Å²) in [5.41, 5.74) is 4.16. The zero-order valence-electron chi connectivity index (χ0n) is 11.0. The minimum Gasteiger partial charge on any atom is -0.273 e. The summed E-state index contributed by atoms with van der Waals surface area (Å²) in [7, 11) is 0. The number of hydroxylamine groups is 1. The quantitative estimate of drug-likeness (QED) is 0.822. The summed E-state index contributed by atoms with van der Waals surface area (Å²) in [4.78, 5) is 16.7. The summed E-state index contributed by atoms with van der Waals surface area (Å²) in [5.74, 6) is -0.506. The number of rotatable bonds is 6. The molecule has 2 rings (SSSR count). The second-order valence-corrected chi connectivity index (χ2v) is 4.43. The van der Waals surface area contributed by atoms with Crippen LogP contribution in [0, 0.1) is 5.82 Å². The van der Waals surface area contributed by atoms with Crippen LogP contribution in [0.4, 0.5) is 4.39 Å². The Balaban J connectivity index is 1.68. The summed E-state index contributed by atoms with van der Waals surface area (Å²) >= 11 is 0. The molecule has 0 radical (unpaired) electrons. The molecule has 2 aromatic carbocycles. The Kier molecular flexibility index (Phi) is 5.26. The predicted molar refractivity (Wildman–Crippen MR) is 74.1 cm³/mol. The molecule has 0 heterocycles. The normalized spacial score (nSPS) is 10.2. The fourth-order valence-corrected chi connectivity index (χ4v) is 1.78. The van der Waals surface area contributed by atoms with Crippen LogP contribution in [0.3, 0.4) is 0 Å². The first-order valence-electron chi connectivity index (χ1n) is 6.43. The molecule has 0 saturated carbocycles. The lowest BCUT2D eigenvalue weighted by atomic mass is 10.1. The molecule has 0 atom stereocenters. The van der Waals surface area contributed by atoms with E-state index < -0.39 is 0 Å². The van der Waals surface area contributed by atoms with Crippen LogP contribution in [0.2, 0.25) is 0 Å². The molecule has 0 bridgehead atoms. The van der Waals surface area contributed by atoms with Gasteiger partial charge in [0.1, 0.15) is 5.82 Å². The van der Waals surface area contributed by atoms with Gasteiger partial charge in [0, 0.05) is 6.42 Å². The van der Waals surface area contributed by atoms with Gasteiger partial charge >= 0.3 is 0 Å². The van der Waals surface area contributed by atoms with Gasteiger partial charge < -0.3 is 0 Å². The van der Waals surface area contributed by atoms with Crippen LogP contribution in [0.25, 0.3) is 0 Å². The number of nitrogens with one attached hydrogen (secondary N) is 1. The van der Waals surface area contributed by atoms with Crippen molar-refractivity contribution in [3.05, 3.63) is 71.5 Å². The number of carbonyl (C=O) groups excluding carboxylic acids is 1. The van der Waals surface area contributed by atoms with Crippen LogP contribution in [-0.2, 0) is 22.7 Å². The number of halogens is 1. The van der Waals surface area contributed by atoms with E-state index in [0.29, 0.717) is 13.0 Å². The van der Waals surface area contributed by atoms with Gasteiger partial charge in [-0.1, -0.05) is 42.5 Å². The Hall–Kier alpha value is -2.20. The molecule has 4 heteroatoms. The number of hydrogen-bond donors (Lipinski definition) is 1. The minimum atomic E-state index is -0.289. The lowest BCUT2D eigenvalue weighted by molar-refractivity contribution is -0.134. The van der Waals surface area contributed by atoms with Crippen molar-refractivity contribution < 1.29 is 14.0 Å². The largest absolute Gasteiger partial charge is 0.273 e. The van der Waals surface area contributed by atoms with Crippen molar-refractivity contribution in [1.82, 2.24) is 5.48 Å². The van der Waals surface area contributed by atoms with Crippen molar-refractivity contribution in [1.29, 1.82) is 0 Å². The Morgan fingerprint density at radius 3 is 2.55 bits per heavy atom. The number of benzene rings is 2. The Labute approximate surface area is 117 Å². The van der Waals surface area contributed by atoms with Gasteiger partial charge in [0.15, 0.2) is 0 Å². The third kappa shape index (κ3) is 4.82. The Morgan fingerprint density at radius 2 is 1.80 bits per heavy atom. The first-order valence-corrected chi connectivity index (χ1v) is 6.43. The van der Waals surface area contributed by atoms with Gasteiger partial charge in [-0.3, -0.25) is 9.63 Å². The third-order valence-corrected chi connectivity index (χ3v) is 2.80. The molecule has 0 fully saturated rings. The van der Waals surface area contributed by atoms with Crippen LogP contribution >= 0.6 is 0 Å². The van der Waals surface area contributed by atoms with Crippen molar-refractivity contribution in [2.24, 2.45) is 0 Å². The molecule has 0 unspecified atom stereocenters. The van der Waals surface area contributed by atoms with Crippen LogP contribution in [0.5, 0.6) is 0 Å². The zero-order chi connectivity index (χ0) is 14.2. The third-order valence-electron chi connectivity index (χ3n) is 2.80. The molecule has 3 nitrogen and oxygen atoms in total. The molecule has 0 aliphatic rings. The van der Waals surface area contributed by atoms with Crippen LogP contribution in [0.15, 0.2) is 54.6 Å². The summed E-state index contributed by atoms with van der Waals surface area (Å²) in [6, 6.07) is 15.8. The van der Waals surface area contributed by atoms with E-state index in [1.807, 2.05) is 30.3 Å². The molecule has 0 spiro atoms. The maximum atomic E-state index is 13.0. The van der Waals surface area contributed by atoms with Gasteiger partial charge in [-0.2, -0.15) is 0 Å². The molecule has 0 aromatic heterocycles. The highest BCUT2D eigenvalue weighted by Crippen LogP contribution is 2.06. The van der Waals surface area contributed by atoms with Gasteiger partial charge in [-0.05, 0) is 29.7 Å². The highest BCUT2D eigenvalue weighted by molar-refractivity contribution is 5.75. The molecule has 0 saturated heterocycles. The highest BCUT2D eigenvalue weighted by atomic mass is 19.1. The van der Waals surface area contributed by atoms with Gasteiger partial charge in [0.2, 0.25) is 5.91 Å². The summed E-state index contributed by atoms with van der Waals surface area (Å²) in [5, 5.41) is 0. The van der Waals surface area contributed by atoms with E-state index in [2.05, 4.69) is 5.48 Å². The van der Waals surface area contributed by atoms with Gasteiger partial charge in [0.05, 0.1) is 6.61 Å². The monoisotopic (exact) mass is 273 g/mol. The van der Waals surface area contributed by atoms with E-state index in [4.69, 9.17) is 4.84 Å². The van der Waals surface area contributed by atoms with E-state index >= 15 is 0 Å². The standard InChI is InChI=1S/C16H16FNO2/c17-15-8-4-7-13(11-15)9-10-16(19)18-20-12-14-5-2-1-3-6-14/h1-8,11H,9-10,12H2,(H,18,19). The lowest BCUT2D eigenvalue weighted by Gasteiger charge is -2.06. The van der Waals surface area contributed by atoms with Crippen molar-refractivity contribution in [3.8, 4) is 0 Å². The number of hydrogen-bond acceptors (Lipinski definition) is 2. The average molecular weight is 273 g/mol. The van der Waals surface area contributed by atoms with E-state index in [-0.39, 0.29) is 18.1 Å². The van der Waals surface area contributed by atoms with Crippen LogP contribution < -0.4 is 5.48 Å². The molecular formula is C16H16FNO2. The molecule has 1 N–H and O–H groups in total. The molecule has 1 amide bonds. The van der Waals surface area contributed by atoms with E-state index in [1.54, 1.807) is 12.1 Å². The predicted octanol–water partition coefficient (Wildman–Crippen LogP) is 3.01. The summed E-state index contributed by atoms with van der Waals surface area (Å²) < 4.78 is 13.0. The Bertz CT molecular complexity index is 557. The molecule has 0 aliphatic heterocycles. The molecular weight excluding hydrogens is 257 g/mol. The smallest absolute Gasteiger partial charge is 0.243 e. The lowest BCUT2D eigenvalue weighted by Crippen LogP contribution is -2.23. The van der Waals surface area contributed by atoms with Crippen LogP contribution in [0.1, 0.15) is 17.5 Å². The van der Waals surface area contributed by atoms with Gasteiger partial charge in [-0.25, -0.2) is 9.87 Å². The maximum absolute atomic E-state index is 13.0. The molecule has 0 aliphatic carbocycles. The molecule has 20 heavy (non-hydrogen) atoms. The Morgan fingerprint density at radius 1 is 1.05 bits per heavy atom. The first-order chi connectivity index (χ1) is 9.74. The van der Waals surface area contributed by atoms with E-state index in [0.717, 1.165) is 11.1 Å². The highest BCUT2D eigenvalue weighted by Gasteiger charge is 2.03. The molecule has 2 aromatic rings. The molecule has 104 valence electrons. The number of carbonyl (C=O) groups is 1.